The number of carbonyl (C=O) groups excluding carboxylic acids is 2. The molecule has 0 aromatic carbocycles. The van der Waals surface area contributed by atoms with Gasteiger partial charge in [-0.25, -0.2) is 4.98 Å². The predicted octanol–water partition coefficient (Wildman–Crippen LogP) is 2.70. The van der Waals surface area contributed by atoms with Crippen molar-refractivity contribution < 1.29 is 9.59 Å². The maximum Gasteiger partial charge on any atom is 0.261 e. The van der Waals surface area contributed by atoms with Crippen molar-refractivity contribution in [3.63, 3.8) is 0 Å². The molecule has 120 valence electrons. The van der Waals surface area contributed by atoms with Gasteiger partial charge in [-0.15, -0.1) is 11.3 Å². The van der Waals surface area contributed by atoms with Crippen molar-refractivity contribution in [1.82, 2.24) is 10.3 Å². The van der Waals surface area contributed by atoms with Crippen LogP contribution in [0, 0.1) is 6.92 Å². The van der Waals surface area contributed by atoms with Gasteiger partial charge in [0.05, 0.1) is 11.4 Å². The second-order valence-corrected chi connectivity index (χ2v) is 6.80. The standard InChI is InChI=1S/C17H19N3O2S/c1-11-5-4-8-18-16(11)20-15(21)10-19-17(22)14-9-12-6-2-3-7-13(12)23-14/h4-5,8-9H,2-3,6-7,10H2,1H3,(H,19,22)(H,18,20,21). The van der Waals surface area contributed by atoms with Crippen LogP contribution in [0.25, 0.3) is 0 Å². The highest BCUT2D eigenvalue weighted by molar-refractivity contribution is 7.14. The Morgan fingerprint density at radius 2 is 2.13 bits per heavy atom. The lowest BCUT2D eigenvalue weighted by atomic mass is 9.99. The van der Waals surface area contributed by atoms with Gasteiger partial charge in [0.15, 0.2) is 0 Å². The lowest BCUT2D eigenvalue weighted by molar-refractivity contribution is -0.115. The van der Waals surface area contributed by atoms with Crippen LogP contribution in [0.4, 0.5) is 5.82 Å². The Hall–Kier alpha value is -2.21. The minimum absolute atomic E-state index is 0.0581. The van der Waals surface area contributed by atoms with Crippen LogP contribution < -0.4 is 10.6 Å². The van der Waals surface area contributed by atoms with E-state index in [2.05, 4.69) is 15.6 Å². The highest BCUT2D eigenvalue weighted by Gasteiger charge is 2.17. The Bertz CT molecular complexity index is 716. The number of nitrogens with zero attached hydrogens (tertiary/aromatic N) is 1. The van der Waals surface area contributed by atoms with Crippen molar-refractivity contribution >= 4 is 29.0 Å². The van der Waals surface area contributed by atoms with E-state index < -0.39 is 0 Å². The molecule has 0 bridgehead atoms. The summed E-state index contributed by atoms with van der Waals surface area (Å²) in [5, 5.41) is 5.38. The van der Waals surface area contributed by atoms with Crippen molar-refractivity contribution in [3.8, 4) is 0 Å². The first-order chi connectivity index (χ1) is 11.1. The second kappa shape index (κ2) is 6.91. The molecule has 0 saturated carbocycles. The summed E-state index contributed by atoms with van der Waals surface area (Å²) in [7, 11) is 0. The number of carbonyl (C=O) groups is 2. The number of aromatic nitrogens is 1. The van der Waals surface area contributed by atoms with E-state index in [0.29, 0.717) is 10.7 Å². The SMILES string of the molecule is Cc1cccnc1NC(=O)CNC(=O)c1cc2c(s1)CCCC2. The molecule has 23 heavy (non-hydrogen) atoms. The lowest BCUT2D eigenvalue weighted by Crippen LogP contribution is -2.32. The fraction of sp³-hybridized carbons (Fsp3) is 0.353. The quantitative estimate of drug-likeness (QED) is 0.906. The summed E-state index contributed by atoms with van der Waals surface area (Å²) in [5.74, 6) is 0.0668. The number of nitrogens with one attached hydrogen (secondary N) is 2. The Morgan fingerprint density at radius 1 is 1.30 bits per heavy atom. The number of hydrogen-bond acceptors (Lipinski definition) is 4. The summed E-state index contributed by atoms with van der Waals surface area (Å²) in [6.45, 7) is 1.81. The first kappa shape index (κ1) is 15.7. The van der Waals surface area contributed by atoms with Gasteiger partial charge >= 0.3 is 0 Å². The van der Waals surface area contributed by atoms with Crippen molar-refractivity contribution in [2.45, 2.75) is 32.6 Å². The number of aryl methyl sites for hydroxylation is 3. The third kappa shape index (κ3) is 3.76. The average molecular weight is 329 g/mol. The third-order valence-electron chi connectivity index (χ3n) is 3.90. The molecule has 0 radical (unpaired) electrons. The number of thiophene rings is 1. The van der Waals surface area contributed by atoms with Crippen LogP contribution in [0.1, 0.15) is 38.5 Å². The first-order valence-electron chi connectivity index (χ1n) is 7.75. The fourth-order valence-corrected chi connectivity index (χ4v) is 3.81. The molecule has 1 aliphatic carbocycles. The van der Waals surface area contributed by atoms with Crippen molar-refractivity contribution in [2.75, 3.05) is 11.9 Å². The second-order valence-electron chi connectivity index (χ2n) is 5.67. The molecule has 3 rings (SSSR count). The van der Waals surface area contributed by atoms with Gasteiger partial charge in [-0.1, -0.05) is 6.07 Å². The van der Waals surface area contributed by atoms with Crippen molar-refractivity contribution in [2.24, 2.45) is 0 Å². The monoisotopic (exact) mass is 329 g/mol. The number of pyridine rings is 1. The van der Waals surface area contributed by atoms with Gasteiger partial charge in [0, 0.05) is 11.1 Å². The molecule has 0 aliphatic heterocycles. The molecule has 2 heterocycles. The molecule has 2 amide bonds. The number of hydrogen-bond donors (Lipinski definition) is 2. The molecule has 5 nitrogen and oxygen atoms in total. The molecule has 2 aromatic rings. The van der Waals surface area contributed by atoms with Crippen LogP contribution in [0.3, 0.4) is 0 Å². The summed E-state index contributed by atoms with van der Waals surface area (Å²) in [6.07, 6.45) is 6.12. The van der Waals surface area contributed by atoms with Gasteiger partial charge in [-0.05, 0) is 55.9 Å². The molecule has 0 unspecified atom stereocenters. The average Bonchev–Trinajstić information content (AvgIpc) is 2.99. The molecular formula is C17H19N3O2S. The first-order valence-corrected chi connectivity index (χ1v) is 8.56. The summed E-state index contributed by atoms with van der Waals surface area (Å²) in [5.41, 5.74) is 2.18. The number of rotatable bonds is 4. The normalized spacial score (nSPS) is 13.3. The molecule has 6 heteroatoms. The van der Waals surface area contributed by atoms with E-state index in [-0.39, 0.29) is 18.4 Å². The molecule has 1 aliphatic rings. The highest BCUT2D eigenvalue weighted by Crippen LogP contribution is 2.29. The van der Waals surface area contributed by atoms with Crippen LogP contribution in [0.2, 0.25) is 0 Å². The van der Waals surface area contributed by atoms with Gasteiger partial charge in [-0.3, -0.25) is 9.59 Å². The van der Waals surface area contributed by atoms with Crippen molar-refractivity contribution in [3.05, 3.63) is 45.3 Å². The highest BCUT2D eigenvalue weighted by atomic mass is 32.1. The molecule has 2 N–H and O–H groups in total. The number of anilines is 1. The van der Waals surface area contributed by atoms with Crippen LogP contribution >= 0.6 is 11.3 Å². The van der Waals surface area contributed by atoms with Crippen LogP contribution in [-0.2, 0) is 17.6 Å². The van der Waals surface area contributed by atoms with E-state index >= 15 is 0 Å². The zero-order chi connectivity index (χ0) is 16.2. The summed E-state index contributed by atoms with van der Waals surface area (Å²) in [6, 6.07) is 5.65. The summed E-state index contributed by atoms with van der Waals surface area (Å²) >= 11 is 1.55. The van der Waals surface area contributed by atoms with E-state index in [1.807, 2.05) is 25.1 Å². The van der Waals surface area contributed by atoms with Crippen LogP contribution in [0.5, 0.6) is 0 Å². The van der Waals surface area contributed by atoms with E-state index in [1.54, 1.807) is 17.5 Å². The molecule has 0 fully saturated rings. The van der Waals surface area contributed by atoms with E-state index in [0.717, 1.165) is 18.4 Å². The molecule has 2 aromatic heterocycles. The minimum atomic E-state index is -0.276. The summed E-state index contributed by atoms with van der Waals surface area (Å²) in [4.78, 5) is 30.2. The van der Waals surface area contributed by atoms with Crippen molar-refractivity contribution in [1.29, 1.82) is 0 Å². The predicted molar refractivity (Wildman–Crippen MR) is 90.9 cm³/mol. The largest absolute Gasteiger partial charge is 0.342 e. The van der Waals surface area contributed by atoms with Gasteiger partial charge in [0.2, 0.25) is 5.91 Å². The van der Waals surface area contributed by atoms with Gasteiger partial charge in [0.1, 0.15) is 5.82 Å². The molecular weight excluding hydrogens is 310 g/mol. The zero-order valence-corrected chi connectivity index (χ0v) is 13.8. The Kier molecular flexibility index (Phi) is 4.71. The Morgan fingerprint density at radius 3 is 2.91 bits per heavy atom. The van der Waals surface area contributed by atoms with E-state index in [9.17, 15) is 9.59 Å². The number of amides is 2. The fourth-order valence-electron chi connectivity index (χ4n) is 2.64. The van der Waals surface area contributed by atoms with E-state index in [4.69, 9.17) is 0 Å². The van der Waals surface area contributed by atoms with Gasteiger partial charge in [-0.2, -0.15) is 0 Å². The smallest absolute Gasteiger partial charge is 0.261 e. The molecule has 0 saturated heterocycles. The van der Waals surface area contributed by atoms with Crippen LogP contribution in [-0.4, -0.2) is 23.3 Å². The zero-order valence-electron chi connectivity index (χ0n) is 13.0. The van der Waals surface area contributed by atoms with Gasteiger partial charge in [0.25, 0.3) is 5.91 Å². The maximum absolute atomic E-state index is 12.2. The minimum Gasteiger partial charge on any atom is -0.342 e. The Labute approximate surface area is 139 Å². The molecule has 0 spiro atoms. The Balaban J connectivity index is 1.55. The summed E-state index contributed by atoms with van der Waals surface area (Å²) < 4.78 is 0. The van der Waals surface area contributed by atoms with Gasteiger partial charge < -0.3 is 10.6 Å². The number of fused-ring (bicyclic) bond motifs is 1. The topological polar surface area (TPSA) is 71.1 Å². The van der Waals surface area contributed by atoms with E-state index in [1.165, 1.54) is 23.3 Å². The van der Waals surface area contributed by atoms with Crippen LogP contribution in [0.15, 0.2) is 24.4 Å². The maximum atomic E-state index is 12.2. The molecule has 0 atom stereocenters. The lowest BCUT2D eigenvalue weighted by Gasteiger charge is -2.08. The third-order valence-corrected chi connectivity index (χ3v) is 5.13.